The number of aromatic nitrogens is 2. The summed E-state index contributed by atoms with van der Waals surface area (Å²) in [7, 11) is -2.82. The number of halogens is 3. The molecule has 1 aromatic heterocycles. The number of likely N-dealkylation sites (tertiary alicyclic amines) is 1. The summed E-state index contributed by atoms with van der Waals surface area (Å²) < 4.78 is 64.6. The highest BCUT2D eigenvalue weighted by Crippen LogP contribution is 2.65. The molecule has 9 heteroatoms. The van der Waals surface area contributed by atoms with Gasteiger partial charge in [-0.25, -0.2) is 8.42 Å². The van der Waals surface area contributed by atoms with Gasteiger partial charge in [0.05, 0.1) is 17.0 Å². The van der Waals surface area contributed by atoms with E-state index in [-0.39, 0.29) is 11.3 Å². The van der Waals surface area contributed by atoms with Crippen LogP contribution in [0.5, 0.6) is 0 Å². The minimum Gasteiger partial charge on any atom is -0.300 e. The van der Waals surface area contributed by atoms with E-state index in [0.717, 1.165) is 38.0 Å². The molecule has 4 atom stereocenters. The average molecular weight is 432 g/mol. The largest absolute Gasteiger partial charge is 0.435 e. The van der Waals surface area contributed by atoms with Crippen molar-refractivity contribution in [2.45, 2.75) is 63.7 Å². The first kappa shape index (κ1) is 19.8. The van der Waals surface area contributed by atoms with Gasteiger partial charge in [-0.15, -0.1) is 0 Å². The van der Waals surface area contributed by atoms with Crippen molar-refractivity contribution in [2.75, 3.05) is 24.6 Å². The molecule has 0 unspecified atom stereocenters. The van der Waals surface area contributed by atoms with Crippen molar-refractivity contribution < 1.29 is 21.6 Å². The third-order valence-electron chi connectivity index (χ3n) is 7.46. The molecule has 0 amide bonds. The molecule has 1 spiro atoms. The third kappa shape index (κ3) is 3.23. The van der Waals surface area contributed by atoms with E-state index in [9.17, 15) is 21.6 Å². The van der Waals surface area contributed by atoms with Crippen LogP contribution in [-0.4, -0.2) is 53.7 Å². The average Bonchev–Trinajstić information content (AvgIpc) is 3.01. The summed E-state index contributed by atoms with van der Waals surface area (Å²) in [5, 5.41) is 3.91. The summed E-state index contributed by atoms with van der Waals surface area (Å²) in [5.74, 6) is 1.64. The summed E-state index contributed by atoms with van der Waals surface area (Å²) in [6.07, 6.45) is -1.48. The van der Waals surface area contributed by atoms with Crippen molar-refractivity contribution in [3.8, 4) is 0 Å². The fourth-order valence-corrected chi connectivity index (χ4v) is 8.52. The molecular weight excluding hydrogens is 403 g/mol. The molecule has 0 bridgehead atoms. The Kier molecular flexibility index (Phi) is 3.96. The lowest BCUT2D eigenvalue weighted by Crippen LogP contribution is -2.50. The summed E-state index contributed by atoms with van der Waals surface area (Å²) >= 11 is 0. The quantitative estimate of drug-likeness (QED) is 0.721. The predicted octanol–water partition coefficient (Wildman–Crippen LogP) is 3.27. The van der Waals surface area contributed by atoms with Crippen LogP contribution in [0, 0.1) is 17.3 Å². The van der Waals surface area contributed by atoms with Crippen molar-refractivity contribution in [3.63, 3.8) is 0 Å². The van der Waals surface area contributed by atoms with Crippen molar-refractivity contribution in [2.24, 2.45) is 17.3 Å². The Hall–Kier alpha value is -1.09. The Morgan fingerprint density at radius 2 is 1.76 bits per heavy atom. The molecule has 1 aromatic rings. The molecule has 2 saturated carbocycles. The van der Waals surface area contributed by atoms with Gasteiger partial charge >= 0.3 is 6.18 Å². The van der Waals surface area contributed by atoms with Crippen molar-refractivity contribution in [1.82, 2.24) is 14.7 Å². The standard InChI is InChI=1S/C20H28F3N3O2S/c1-18(2,3)26-15(8-16(24-26)20(21,22)23)17-13-6-12(7-14(13)17)25-5-4-19(9-25)10-29(27,28)11-19/h8,12-14,17H,4-7,9-11H2,1-3H3/t12-,13+,14-,17-. The van der Waals surface area contributed by atoms with Crippen LogP contribution < -0.4 is 0 Å². The lowest BCUT2D eigenvalue weighted by Gasteiger charge is -2.38. The van der Waals surface area contributed by atoms with Crippen LogP contribution in [0.25, 0.3) is 0 Å². The van der Waals surface area contributed by atoms with Gasteiger partial charge in [-0.3, -0.25) is 9.58 Å². The number of fused-ring (bicyclic) bond motifs is 1. The maximum absolute atomic E-state index is 13.3. The Labute approximate surface area is 169 Å². The Morgan fingerprint density at radius 3 is 2.28 bits per heavy atom. The van der Waals surface area contributed by atoms with Crippen LogP contribution >= 0.6 is 0 Å². The van der Waals surface area contributed by atoms with Crippen molar-refractivity contribution >= 4 is 9.84 Å². The van der Waals surface area contributed by atoms with E-state index in [0.29, 0.717) is 29.4 Å². The number of sulfone groups is 1. The first-order valence-electron chi connectivity index (χ1n) is 10.4. The Bertz CT molecular complexity index is 923. The summed E-state index contributed by atoms with van der Waals surface area (Å²) in [5.41, 5.74) is -0.596. The second-order valence-corrected chi connectivity index (χ2v) is 12.8. The van der Waals surface area contributed by atoms with E-state index in [1.165, 1.54) is 6.07 Å². The Morgan fingerprint density at radius 1 is 1.14 bits per heavy atom. The molecule has 0 aromatic carbocycles. The number of alkyl halides is 3. The molecule has 5 nitrogen and oxygen atoms in total. The summed E-state index contributed by atoms with van der Waals surface area (Å²) in [6, 6.07) is 1.70. The van der Waals surface area contributed by atoms with Crippen LogP contribution in [-0.2, 0) is 21.6 Å². The predicted molar refractivity (Wildman–Crippen MR) is 102 cm³/mol. The molecule has 0 N–H and O–H groups in total. The van der Waals surface area contributed by atoms with Crippen LogP contribution in [0.2, 0.25) is 0 Å². The van der Waals surface area contributed by atoms with E-state index < -0.39 is 27.2 Å². The minimum atomic E-state index is -4.43. The maximum Gasteiger partial charge on any atom is 0.435 e. The zero-order valence-electron chi connectivity index (χ0n) is 17.0. The first-order valence-corrected chi connectivity index (χ1v) is 12.2. The molecule has 162 valence electrons. The van der Waals surface area contributed by atoms with E-state index in [1.54, 1.807) is 4.68 Å². The van der Waals surface area contributed by atoms with E-state index >= 15 is 0 Å². The molecule has 5 rings (SSSR count). The van der Waals surface area contributed by atoms with Gasteiger partial charge in [0, 0.05) is 29.6 Å². The van der Waals surface area contributed by atoms with Crippen LogP contribution in [0.1, 0.15) is 57.3 Å². The minimum absolute atomic E-state index is 0.0303. The van der Waals surface area contributed by atoms with Gasteiger partial charge in [0.2, 0.25) is 0 Å². The van der Waals surface area contributed by atoms with Gasteiger partial charge in [-0.1, -0.05) is 0 Å². The second-order valence-electron chi connectivity index (χ2n) is 10.8. The second kappa shape index (κ2) is 5.78. The fraction of sp³-hybridized carbons (Fsp3) is 0.850. The third-order valence-corrected chi connectivity index (χ3v) is 9.57. The topological polar surface area (TPSA) is 55.2 Å². The molecule has 4 aliphatic rings. The Balaban J connectivity index is 1.28. The molecule has 2 aliphatic heterocycles. The summed E-state index contributed by atoms with van der Waals surface area (Å²) in [6.45, 7) is 7.48. The van der Waals surface area contributed by atoms with Crippen molar-refractivity contribution in [3.05, 3.63) is 17.5 Å². The number of hydrogen-bond acceptors (Lipinski definition) is 4. The molecular formula is C20H28F3N3O2S. The van der Waals surface area contributed by atoms with E-state index in [1.807, 2.05) is 20.8 Å². The smallest absolute Gasteiger partial charge is 0.300 e. The van der Waals surface area contributed by atoms with Gasteiger partial charge in [-0.2, -0.15) is 18.3 Å². The SMILES string of the molecule is CC(C)(C)n1nc(C(F)(F)F)cc1[C@H]1[C@@H]2C[C@H](N3CCC4(C3)CS(=O)(=O)C4)C[C@@H]21. The van der Waals surface area contributed by atoms with Crippen molar-refractivity contribution in [1.29, 1.82) is 0 Å². The van der Waals surface area contributed by atoms with Crippen LogP contribution in [0.4, 0.5) is 13.2 Å². The van der Waals surface area contributed by atoms with Crippen LogP contribution in [0.3, 0.4) is 0 Å². The van der Waals surface area contributed by atoms with Gasteiger partial charge < -0.3 is 0 Å². The molecule has 0 radical (unpaired) electrons. The van der Waals surface area contributed by atoms with Crippen LogP contribution in [0.15, 0.2) is 6.07 Å². The lowest BCUT2D eigenvalue weighted by atomic mass is 9.91. The van der Waals surface area contributed by atoms with E-state index in [4.69, 9.17) is 0 Å². The van der Waals surface area contributed by atoms with Gasteiger partial charge in [0.25, 0.3) is 0 Å². The highest BCUT2D eigenvalue weighted by Gasteiger charge is 2.61. The zero-order valence-corrected chi connectivity index (χ0v) is 17.9. The van der Waals surface area contributed by atoms with Gasteiger partial charge in [0.15, 0.2) is 15.5 Å². The number of nitrogens with zero attached hydrogens (tertiary/aromatic N) is 3. The van der Waals surface area contributed by atoms with Gasteiger partial charge in [-0.05, 0) is 64.5 Å². The lowest BCUT2D eigenvalue weighted by molar-refractivity contribution is -0.141. The molecule has 4 fully saturated rings. The fourth-order valence-electron chi connectivity index (χ4n) is 6.27. The highest BCUT2D eigenvalue weighted by molar-refractivity contribution is 7.92. The first-order chi connectivity index (χ1) is 13.3. The van der Waals surface area contributed by atoms with E-state index in [2.05, 4.69) is 10.00 Å². The monoisotopic (exact) mass is 431 g/mol. The molecule has 29 heavy (non-hydrogen) atoms. The maximum atomic E-state index is 13.3. The number of hydrogen-bond donors (Lipinski definition) is 0. The summed E-state index contributed by atoms with van der Waals surface area (Å²) in [4.78, 5) is 2.44. The number of rotatable bonds is 2. The molecule has 2 aliphatic carbocycles. The normalized spacial score (nSPS) is 35.7. The zero-order chi connectivity index (χ0) is 21.0. The van der Waals surface area contributed by atoms with Gasteiger partial charge in [0.1, 0.15) is 0 Å². The highest BCUT2D eigenvalue weighted by atomic mass is 32.2. The molecule has 3 heterocycles. The molecule has 2 saturated heterocycles.